The van der Waals surface area contributed by atoms with Gasteiger partial charge in [-0.25, -0.2) is 0 Å². The van der Waals surface area contributed by atoms with Crippen LogP contribution in [0.15, 0.2) is 48.5 Å². The zero-order valence-corrected chi connectivity index (χ0v) is 13.9. The van der Waals surface area contributed by atoms with Crippen LogP contribution in [-0.4, -0.2) is 29.4 Å². The van der Waals surface area contributed by atoms with E-state index in [1.165, 1.54) is 29.8 Å². The lowest BCUT2D eigenvalue weighted by molar-refractivity contribution is -0.384. The van der Waals surface area contributed by atoms with Crippen molar-refractivity contribution < 1.29 is 14.5 Å². The molecule has 0 fully saturated rings. The van der Waals surface area contributed by atoms with E-state index < -0.39 is 4.92 Å². The highest BCUT2D eigenvalue weighted by molar-refractivity contribution is 5.78. The Morgan fingerprint density at radius 1 is 1.17 bits per heavy atom. The van der Waals surface area contributed by atoms with Gasteiger partial charge in [-0.1, -0.05) is 29.8 Å². The van der Waals surface area contributed by atoms with Crippen LogP contribution < -0.4 is 4.74 Å². The molecule has 6 heteroatoms. The van der Waals surface area contributed by atoms with Gasteiger partial charge in [-0.3, -0.25) is 14.9 Å². The van der Waals surface area contributed by atoms with Crippen LogP contribution in [0.5, 0.6) is 5.75 Å². The molecule has 1 unspecified atom stereocenters. The fourth-order valence-electron chi connectivity index (χ4n) is 2.20. The smallest absolute Gasteiger partial charge is 0.269 e. The molecule has 0 bridgehead atoms. The Labute approximate surface area is 140 Å². The van der Waals surface area contributed by atoms with Gasteiger partial charge in [0, 0.05) is 19.2 Å². The van der Waals surface area contributed by atoms with Crippen molar-refractivity contribution in [3.05, 3.63) is 69.8 Å². The van der Waals surface area contributed by atoms with Gasteiger partial charge in [-0.05, 0) is 31.5 Å². The molecule has 0 heterocycles. The van der Waals surface area contributed by atoms with E-state index in [-0.39, 0.29) is 24.2 Å². The number of nitro benzene ring substituents is 1. The van der Waals surface area contributed by atoms with Gasteiger partial charge in [0.1, 0.15) is 5.75 Å². The fourth-order valence-corrected chi connectivity index (χ4v) is 2.20. The number of non-ortho nitro benzene ring substituents is 1. The molecule has 0 aliphatic carbocycles. The van der Waals surface area contributed by atoms with E-state index >= 15 is 0 Å². The molecule has 2 aromatic rings. The molecule has 0 saturated heterocycles. The average molecular weight is 328 g/mol. The average Bonchev–Trinajstić information content (AvgIpc) is 2.59. The third-order valence-corrected chi connectivity index (χ3v) is 3.94. The van der Waals surface area contributed by atoms with Crippen molar-refractivity contribution in [1.82, 2.24) is 4.90 Å². The third kappa shape index (κ3) is 4.32. The molecule has 0 aromatic heterocycles. The van der Waals surface area contributed by atoms with Crippen LogP contribution in [0.1, 0.15) is 24.1 Å². The number of amides is 1. The van der Waals surface area contributed by atoms with Gasteiger partial charge in [-0.2, -0.15) is 0 Å². The molecule has 0 aliphatic heterocycles. The van der Waals surface area contributed by atoms with E-state index in [1.54, 1.807) is 11.9 Å². The van der Waals surface area contributed by atoms with Gasteiger partial charge in [0.2, 0.25) is 0 Å². The molecule has 1 amide bonds. The van der Waals surface area contributed by atoms with Gasteiger partial charge < -0.3 is 9.64 Å². The second-order valence-electron chi connectivity index (χ2n) is 5.63. The summed E-state index contributed by atoms with van der Waals surface area (Å²) in [4.78, 5) is 24.0. The minimum atomic E-state index is -0.480. The first-order chi connectivity index (χ1) is 11.4. The molecule has 6 nitrogen and oxygen atoms in total. The fraction of sp³-hybridized carbons (Fsp3) is 0.278. The maximum absolute atomic E-state index is 12.3. The van der Waals surface area contributed by atoms with Crippen molar-refractivity contribution in [2.75, 3.05) is 13.7 Å². The zero-order valence-electron chi connectivity index (χ0n) is 13.9. The number of benzene rings is 2. The van der Waals surface area contributed by atoms with Gasteiger partial charge >= 0.3 is 0 Å². The quantitative estimate of drug-likeness (QED) is 0.601. The highest BCUT2D eigenvalue weighted by Crippen LogP contribution is 2.20. The summed E-state index contributed by atoms with van der Waals surface area (Å²) in [5.74, 6) is 0.256. The highest BCUT2D eigenvalue weighted by atomic mass is 16.6. The Hall–Kier alpha value is -2.89. The van der Waals surface area contributed by atoms with Crippen molar-refractivity contribution in [3.8, 4) is 5.75 Å². The van der Waals surface area contributed by atoms with E-state index in [9.17, 15) is 14.9 Å². The lowest BCUT2D eigenvalue weighted by Gasteiger charge is -2.25. The van der Waals surface area contributed by atoms with Crippen LogP contribution in [0.3, 0.4) is 0 Å². The molecule has 2 rings (SSSR count). The Kier molecular flexibility index (Phi) is 5.52. The normalized spacial score (nSPS) is 11.6. The molecular weight excluding hydrogens is 308 g/mol. The first kappa shape index (κ1) is 17.5. The Morgan fingerprint density at radius 3 is 2.29 bits per heavy atom. The second-order valence-corrected chi connectivity index (χ2v) is 5.63. The minimum absolute atomic E-state index is 0.0150. The number of carbonyl (C=O) groups is 1. The van der Waals surface area contributed by atoms with Gasteiger partial charge in [0.25, 0.3) is 11.6 Å². The number of nitro groups is 1. The summed E-state index contributed by atoms with van der Waals surface area (Å²) in [5, 5.41) is 10.6. The number of hydrogen-bond acceptors (Lipinski definition) is 4. The van der Waals surface area contributed by atoms with E-state index in [0.29, 0.717) is 5.75 Å². The first-order valence-corrected chi connectivity index (χ1v) is 7.58. The number of rotatable bonds is 6. The molecular formula is C18H20N2O4. The summed E-state index contributed by atoms with van der Waals surface area (Å²) >= 11 is 0. The Bertz CT molecular complexity index is 711. The SMILES string of the molecule is Cc1ccc(C(C)N(C)C(=O)COc2ccc([N+](=O)[O-])cc2)cc1. The maximum Gasteiger partial charge on any atom is 0.269 e. The lowest BCUT2D eigenvalue weighted by Crippen LogP contribution is -2.33. The molecule has 0 radical (unpaired) electrons. The predicted molar refractivity (Wildman–Crippen MR) is 91.0 cm³/mol. The summed E-state index contributed by atoms with van der Waals surface area (Å²) < 4.78 is 5.42. The summed E-state index contributed by atoms with van der Waals surface area (Å²) in [5.41, 5.74) is 2.20. The van der Waals surface area contributed by atoms with Crippen LogP contribution in [0.25, 0.3) is 0 Å². The van der Waals surface area contributed by atoms with Crippen LogP contribution in [0, 0.1) is 17.0 Å². The Morgan fingerprint density at radius 2 is 1.75 bits per heavy atom. The number of aryl methyl sites for hydroxylation is 1. The second kappa shape index (κ2) is 7.59. The molecule has 0 spiro atoms. The van der Waals surface area contributed by atoms with Gasteiger partial charge in [-0.15, -0.1) is 0 Å². The van der Waals surface area contributed by atoms with E-state index in [4.69, 9.17) is 4.74 Å². The first-order valence-electron chi connectivity index (χ1n) is 7.58. The van der Waals surface area contributed by atoms with Crippen LogP contribution in [0.4, 0.5) is 5.69 Å². The lowest BCUT2D eigenvalue weighted by atomic mass is 10.1. The molecule has 126 valence electrons. The summed E-state index contributed by atoms with van der Waals surface area (Å²) in [6, 6.07) is 13.6. The number of hydrogen-bond donors (Lipinski definition) is 0. The van der Waals surface area contributed by atoms with Crippen molar-refractivity contribution in [2.45, 2.75) is 19.9 Å². The van der Waals surface area contributed by atoms with E-state index in [1.807, 2.05) is 38.1 Å². The highest BCUT2D eigenvalue weighted by Gasteiger charge is 2.18. The summed E-state index contributed by atoms with van der Waals surface area (Å²) in [6.45, 7) is 3.85. The minimum Gasteiger partial charge on any atom is -0.484 e. The topological polar surface area (TPSA) is 72.7 Å². The van der Waals surface area contributed by atoms with Gasteiger partial charge in [0.15, 0.2) is 6.61 Å². The number of nitrogens with zero attached hydrogens (tertiary/aromatic N) is 2. The van der Waals surface area contributed by atoms with Crippen molar-refractivity contribution >= 4 is 11.6 Å². The van der Waals surface area contributed by atoms with Crippen molar-refractivity contribution in [3.63, 3.8) is 0 Å². The van der Waals surface area contributed by atoms with Crippen LogP contribution in [0.2, 0.25) is 0 Å². The number of carbonyl (C=O) groups excluding carboxylic acids is 1. The monoisotopic (exact) mass is 328 g/mol. The van der Waals surface area contributed by atoms with Gasteiger partial charge in [0.05, 0.1) is 11.0 Å². The van der Waals surface area contributed by atoms with Crippen LogP contribution in [-0.2, 0) is 4.79 Å². The zero-order chi connectivity index (χ0) is 17.7. The molecule has 1 atom stereocenters. The molecule has 0 N–H and O–H groups in total. The summed E-state index contributed by atoms with van der Waals surface area (Å²) in [6.07, 6.45) is 0. The standard InChI is InChI=1S/C18H20N2O4/c1-13-4-6-15(7-5-13)14(2)19(3)18(21)12-24-17-10-8-16(9-11-17)20(22)23/h4-11,14H,12H2,1-3H3. The third-order valence-electron chi connectivity index (χ3n) is 3.94. The number of ether oxygens (including phenoxy) is 1. The largest absolute Gasteiger partial charge is 0.484 e. The van der Waals surface area contributed by atoms with E-state index in [0.717, 1.165) is 5.56 Å². The summed E-state index contributed by atoms with van der Waals surface area (Å²) in [7, 11) is 1.73. The molecule has 0 saturated carbocycles. The number of likely N-dealkylation sites (N-methyl/N-ethyl adjacent to an activating group) is 1. The molecule has 0 aliphatic rings. The maximum atomic E-state index is 12.3. The van der Waals surface area contributed by atoms with Crippen LogP contribution >= 0.6 is 0 Å². The molecule has 2 aromatic carbocycles. The Balaban J connectivity index is 1.93. The van der Waals surface area contributed by atoms with Crippen molar-refractivity contribution in [2.24, 2.45) is 0 Å². The van der Waals surface area contributed by atoms with E-state index in [2.05, 4.69) is 0 Å². The van der Waals surface area contributed by atoms with Crippen molar-refractivity contribution in [1.29, 1.82) is 0 Å². The molecule has 24 heavy (non-hydrogen) atoms. The predicted octanol–water partition coefficient (Wildman–Crippen LogP) is 3.50.